The highest BCUT2D eigenvalue weighted by Gasteiger charge is 2.19. The van der Waals surface area contributed by atoms with Crippen molar-refractivity contribution < 1.29 is 15.0 Å². The molecule has 0 radical (unpaired) electrons. The van der Waals surface area contributed by atoms with Gasteiger partial charge < -0.3 is 10.2 Å². The molecule has 3 nitrogen and oxygen atoms in total. The summed E-state index contributed by atoms with van der Waals surface area (Å²) in [5.41, 5.74) is 2.04. The molecular weight excluding hydrogens is 192 g/mol. The smallest absolute Gasteiger partial charge is 0.137 e. The van der Waals surface area contributed by atoms with E-state index in [9.17, 15) is 15.0 Å². The molecule has 1 aromatic carbocycles. The van der Waals surface area contributed by atoms with Crippen LogP contribution < -0.4 is 0 Å². The number of benzene rings is 1. The number of hydrogen-bond acceptors (Lipinski definition) is 3. The molecule has 15 heavy (non-hydrogen) atoms. The molecule has 0 saturated heterocycles. The average Bonchev–Trinajstić information content (AvgIpc) is 2.15. The Morgan fingerprint density at radius 2 is 1.60 bits per heavy atom. The van der Waals surface area contributed by atoms with E-state index in [1.165, 1.54) is 13.0 Å². The van der Waals surface area contributed by atoms with E-state index in [-0.39, 0.29) is 23.2 Å². The minimum atomic E-state index is -0.303. The van der Waals surface area contributed by atoms with E-state index in [4.69, 9.17) is 0 Å². The van der Waals surface area contributed by atoms with Crippen LogP contribution in [-0.4, -0.2) is 16.0 Å². The van der Waals surface area contributed by atoms with Crippen LogP contribution in [0.3, 0.4) is 0 Å². The maximum atomic E-state index is 11.3. The summed E-state index contributed by atoms with van der Waals surface area (Å²) in [4.78, 5) is 11.3. The van der Waals surface area contributed by atoms with Crippen molar-refractivity contribution in [1.29, 1.82) is 0 Å². The van der Waals surface area contributed by atoms with Gasteiger partial charge in [-0.2, -0.15) is 0 Å². The third-order valence-corrected chi connectivity index (χ3v) is 2.89. The number of carbonyl (C=O) groups is 1. The van der Waals surface area contributed by atoms with Crippen molar-refractivity contribution >= 4 is 5.78 Å². The summed E-state index contributed by atoms with van der Waals surface area (Å²) in [6.07, 6.45) is 0. The fraction of sp³-hybridized carbons (Fsp3) is 0.417. The van der Waals surface area contributed by atoms with Gasteiger partial charge in [-0.15, -0.1) is 0 Å². The van der Waals surface area contributed by atoms with E-state index in [0.717, 1.165) is 5.56 Å². The summed E-state index contributed by atoms with van der Waals surface area (Å²) in [5, 5.41) is 19.1. The lowest BCUT2D eigenvalue weighted by molar-refractivity contribution is -0.118. The quantitative estimate of drug-likeness (QED) is 0.784. The zero-order chi connectivity index (χ0) is 11.7. The molecule has 2 N–H and O–H groups in total. The van der Waals surface area contributed by atoms with E-state index in [1.54, 1.807) is 20.8 Å². The standard InChI is InChI=1S/C12H16O3/c1-6(9(4)13)12-7(2)10(14)5-11(15)8(12)3/h5-6,14-15H,1-4H3/t6-/m0/s1. The second-order valence-electron chi connectivity index (χ2n) is 3.91. The molecule has 0 bridgehead atoms. The lowest BCUT2D eigenvalue weighted by Gasteiger charge is -2.17. The first kappa shape index (κ1) is 11.6. The van der Waals surface area contributed by atoms with Gasteiger partial charge in [-0.3, -0.25) is 4.79 Å². The van der Waals surface area contributed by atoms with Crippen LogP contribution in [0, 0.1) is 13.8 Å². The van der Waals surface area contributed by atoms with Crippen LogP contribution in [0.1, 0.15) is 36.5 Å². The van der Waals surface area contributed by atoms with Crippen LogP contribution in [-0.2, 0) is 4.79 Å². The molecule has 0 fully saturated rings. The van der Waals surface area contributed by atoms with Gasteiger partial charge in [0.25, 0.3) is 0 Å². The van der Waals surface area contributed by atoms with Crippen LogP contribution in [0.15, 0.2) is 6.07 Å². The van der Waals surface area contributed by atoms with E-state index in [0.29, 0.717) is 11.1 Å². The molecule has 1 aromatic rings. The molecule has 0 aliphatic rings. The minimum Gasteiger partial charge on any atom is -0.508 e. The average molecular weight is 208 g/mol. The monoisotopic (exact) mass is 208 g/mol. The van der Waals surface area contributed by atoms with Crippen molar-refractivity contribution in [3.05, 3.63) is 22.8 Å². The van der Waals surface area contributed by atoms with Gasteiger partial charge in [0.05, 0.1) is 0 Å². The topological polar surface area (TPSA) is 57.5 Å². The van der Waals surface area contributed by atoms with Crippen molar-refractivity contribution in [3.63, 3.8) is 0 Å². The zero-order valence-corrected chi connectivity index (χ0v) is 9.46. The highest BCUT2D eigenvalue weighted by atomic mass is 16.3. The highest BCUT2D eigenvalue weighted by molar-refractivity contribution is 5.84. The van der Waals surface area contributed by atoms with Crippen molar-refractivity contribution in [2.24, 2.45) is 0 Å². The van der Waals surface area contributed by atoms with E-state index < -0.39 is 0 Å². The molecule has 0 aliphatic carbocycles. The first-order valence-electron chi connectivity index (χ1n) is 4.88. The van der Waals surface area contributed by atoms with Crippen LogP contribution >= 0.6 is 0 Å². The van der Waals surface area contributed by atoms with Crippen molar-refractivity contribution in [2.45, 2.75) is 33.6 Å². The Balaban J connectivity index is 3.45. The fourth-order valence-corrected chi connectivity index (χ4v) is 1.76. The lowest BCUT2D eigenvalue weighted by atomic mass is 9.88. The molecule has 82 valence electrons. The molecular formula is C12H16O3. The third-order valence-electron chi connectivity index (χ3n) is 2.89. The van der Waals surface area contributed by atoms with Gasteiger partial charge in [0.2, 0.25) is 0 Å². The van der Waals surface area contributed by atoms with Gasteiger partial charge in [-0.1, -0.05) is 6.92 Å². The first-order chi connectivity index (χ1) is 6.86. The van der Waals surface area contributed by atoms with Gasteiger partial charge in [0.1, 0.15) is 17.3 Å². The Hall–Kier alpha value is -1.51. The summed E-state index contributed by atoms with van der Waals surface area (Å²) >= 11 is 0. The summed E-state index contributed by atoms with van der Waals surface area (Å²) in [5.74, 6) is -0.225. The molecule has 0 spiro atoms. The van der Waals surface area contributed by atoms with Gasteiger partial charge in [0.15, 0.2) is 0 Å². The number of phenols is 2. The van der Waals surface area contributed by atoms with Gasteiger partial charge in [-0.25, -0.2) is 0 Å². The first-order valence-corrected chi connectivity index (χ1v) is 4.88. The lowest BCUT2D eigenvalue weighted by Crippen LogP contribution is -2.08. The number of Topliss-reactive ketones (excluding diaryl/α,β-unsaturated/α-hetero) is 1. The predicted octanol–water partition coefficient (Wildman–Crippen LogP) is 2.41. The second kappa shape index (κ2) is 3.93. The van der Waals surface area contributed by atoms with Crippen LogP contribution in [0.5, 0.6) is 11.5 Å². The Labute approximate surface area is 89.4 Å². The Kier molecular flexibility index (Phi) is 3.03. The Bertz CT molecular complexity index is 382. The van der Waals surface area contributed by atoms with Crippen LogP contribution in [0.2, 0.25) is 0 Å². The molecule has 3 heteroatoms. The molecule has 0 saturated carbocycles. The molecule has 0 heterocycles. The number of aromatic hydroxyl groups is 2. The molecule has 0 unspecified atom stereocenters. The molecule has 1 rings (SSSR count). The summed E-state index contributed by atoms with van der Waals surface area (Å²) < 4.78 is 0. The van der Waals surface area contributed by atoms with E-state index in [1.807, 2.05) is 0 Å². The van der Waals surface area contributed by atoms with E-state index in [2.05, 4.69) is 0 Å². The normalized spacial score (nSPS) is 12.5. The largest absolute Gasteiger partial charge is 0.508 e. The molecule has 0 amide bonds. The second-order valence-corrected chi connectivity index (χ2v) is 3.91. The van der Waals surface area contributed by atoms with Crippen molar-refractivity contribution in [1.82, 2.24) is 0 Å². The summed E-state index contributed by atoms with van der Waals surface area (Å²) in [7, 11) is 0. The van der Waals surface area contributed by atoms with E-state index >= 15 is 0 Å². The van der Waals surface area contributed by atoms with Crippen molar-refractivity contribution in [2.75, 3.05) is 0 Å². The maximum Gasteiger partial charge on any atom is 0.137 e. The van der Waals surface area contributed by atoms with Crippen LogP contribution in [0.25, 0.3) is 0 Å². The van der Waals surface area contributed by atoms with Gasteiger partial charge in [0, 0.05) is 12.0 Å². The third kappa shape index (κ3) is 1.96. The summed E-state index contributed by atoms with van der Waals surface area (Å²) in [6.45, 7) is 6.77. The number of ketones is 1. The molecule has 1 atom stereocenters. The number of hydrogen-bond donors (Lipinski definition) is 2. The van der Waals surface area contributed by atoms with Gasteiger partial charge in [-0.05, 0) is 37.5 Å². The Morgan fingerprint density at radius 3 is 1.93 bits per heavy atom. The fourth-order valence-electron chi connectivity index (χ4n) is 1.76. The molecule has 0 aliphatic heterocycles. The maximum absolute atomic E-state index is 11.3. The Morgan fingerprint density at radius 1 is 1.20 bits per heavy atom. The zero-order valence-electron chi connectivity index (χ0n) is 9.46. The predicted molar refractivity (Wildman–Crippen MR) is 58.3 cm³/mol. The SMILES string of the molecule is CC(=O)[C@H](C)c1c(C)c(O)cc(O)c1C. The number of carbonyl (C=O) groups excluding carboxylic acids is 1. The minimum absolute atomic E-state index is 0.0196. The van der Waals surface area contributed by atoms with Gasteiger partial charge >= 0.3 is 0 Å². The number of phenolic OH excluding ortho intramolecular Hbond substituents is 2. The van der Waals surface area contributed by atoms with Crippen molar-refractivity contribution in [3.8, 4) is 11.5 Å². The van der Waals surface area contributed by atoms with Crippen LogP contribution in [0.4, 0.5) is 0 Å². The summed E-state index contributed by atoms with van der Waals surface area (Å²) in [6, 6.07) is 1.31. The highest BCUT2D eigenvalue weighted by Crippen LogP contribution is 2.35. The molecule has 0 aromatic heterocycles. The number of rotatable bonds is 2.